The van der Waals surface area contributed by atoms with Crippen LogP contribution in [0.3, 0.4) is 0 Å². The molecule has 2 aliphatic heterocycles. The van der Waals surface area contributed by atoms with Crippen LogP contribution in [0.4, 0.5) is 0 Å². The van der Waals surface area contributed by atoms with Gasteiger partial charge in [-0.3, -0.25) is 9.69 Å². The van der Waals surface area contributed by atoms with Crippen molar-refractivity contribution in [3.63, 3.8) is 0 Å². The summed E-state index contributed by atoms with van der Waals surface area (Å²) in [5.74, 6) is 1.68. The van der Waals surface area contributed by atoms with E-state index >= 15 is 0 Å². The smallest absolute Gasteiger partial charge is 0.253 e. The maximum atomic E-state index is 12.9. The number of likely N-dealkylation sites (tertiary alicyclic amines) is 2. The molecule has 2 aromatic rings. The lowest BCUT2D eigenvalue weighted by molar-refractivity contribution is -0.0409. The zero-order chi connectivity index (χ0) is 17.3. The van der Waals surface area contributed by atoms with Crippen molar-refractivity contribution in [2.45, 2.75) is 24.8 Å². The van der Waals surface area contributed by atoms with Gasteiger partial charge in [-0.15, -0.1) is 0 Å². The Morgan fingerprint density at radius 2 is 1.68 bits per heavy atom. The normalized spacial score (nSPS) is 23.3. The number of para-hydroxylation sites is 1. The third-order valence-electron chi connectivity index (χ3n) is 5.65. The zero-order valence-electron chi connectivity index (χ0n) is 14.6. The molecule has 0 aromatic heterocycles. The molecule has 0 unspecified atom stereocenters. The van der Waals surface area contributed by atoms with Gasteiger partial charge in [0.25, 0.3) is 5.91 Å². The Morgan fingerprint density at radius 1 is 0.960 bits per heavy atom. The first-order valence-corrected chi connectivity index (χ1v) is 9.00. The molecule has 2 fully saturated rings. The summed E-state index contributed by atoms with van der Waals surface area (Å²) >= 11 is 0. The molecule has 0 N–H and O–H groups in total. The number of benzene rings is 2. The average Bonchev–Trinajstić information content (AvgIpc) is 2.68. The lowest BCUT2D eigenvalue weighted by Crippen LogP contribution is -2.66. The topological polar surface area (TPSA) is 32.8 Å². The number of carbonyl (C=O) groups is 1. The van der Waals surface area contributed by atoms with Crippen LogP contribution in [0.5, 0.6) is 11.5 Å². The van der Waals surface area contributed by atoms with Gasteiger partial charge in [0.2, 0.25) is 0 Å². The quantitative estimate of drug-likeness (QED) is 0.855. The lowest BCUT2D eigenvalue weighted by Gasteiger charge is -2.55. The van der Waals surface area contributed by atoms with Crippen LogP contribution in [-0.4, -0.2) is 47.9 Å². The van der Waals surface area contributed by atoms with Gasteiger partial charge in [-0.1, -0.05) is 18.2 Å². The highest BCUT2D eigenvalue weighted by molar-refractivity contribution is 5.94. The van der Waals surface area contributed by atoms with Crippen LogP contribution in [0.15, 0.2) is 54.6 Å². The van der Waals surface area contributed by atoms with E-state index in [4.69, 9.17) is 4.74 Å². The van der Waals surface area contributed by atoms with Gasteiger partial charge in [0.1, 0.15) is 11.5 Å². The number of carbonyl (C=O) groups excluding carboxylic acids is 1. The molecule has 4 rings (SSSR count). The first-order chi connectivity index (χ1) is 12.2. The molecule has 2 aromatic carbocycles. The molecule has 0 radical (unpaired) electrons. The van der Waals surface area contributed by atoms with Gasteiger partial charge in [-0.2, -0.15) is 0 Å². The Bertz CT molecular complexity index is 744. The number of likely N-dealkylation sites (N-methyl/N-ethyl adjacent to an activating group) is 1. The van der Waals surface area contributed by atoms with E-state index in [-0.39, 0.29) is 11.4 Å². The van der Waals surface area contributed by atoms with E-state index in [9.17, 15) is 4.79 Å². The molecule has 25 heavy (non-hydrogen) atoms. The molecule has 2 saturated heterocycles. The first kappa shape index (κ1) is 16.2. The van der Waals surface area contributed by atoms with Gasteiger partial charge in [0.05, 0.1) is 0 Å². The second-order valence-corrected chi connectivity index (χ2v) is 7.17. The minimum absolute atomic E-state index is 0.130. The molecule has 1 spiro atoms. The molecule has 0 aliphatic carbocycles. The summed E-state index contributed by atoms with van der Waals surface area (Å²) in [6.45, 7) is 2.86. The summed E-state index contributed by atoms with van der Waals surface area (Å²) in [5, 5.41) is 0. The highest BCUT2D eigenvalue weighted by Gasteiger charge is 2.45. The van der Waals surface area contributed by atoms with Crippen molar-refractivity contribution in [2.24, 2.45) is 0 Å². The van der Waals surface area contributed by atoms with Crippen LogP contribution in [-0.2, 0) is 0 Å². The largest absolute Gasteiger partial charge is 0.457 e. The van der Waals surface area contributed by atoms with Crippen LogP contribution in [0.1, 0.15) is 29.6 Å². The molecular formula is C21H24N2O2. The van der Waals surface area contributed by atoms with Gasteiger partial charge in [-0.25, -0.2) is 0 Å². The summed E-state index contributed by atoms with van der Waals surface area (Å²) in [4.78, 5) is 17.3. The summed E-state index contributed by atoms with van der Waals surface area (Å²) < 4.78 is 5.80. The van der Waals surface area contributed by atoms with Gasteiger partial charge >= 0.3 is 0 Å². The van der Waals surface area contributed by atoms with E-state index in [0.29, 0.717) is 0 Å². The van der Waals surface area contributed by atoms with Crippen molar-refractivity contribution in [2.75, 3.05) is 26.7 Å². The Morgan fingerprint density at radius 3 is 2.32 bits per heavy atom. The Labute approximate surface area is 149 Å². The number of nitrogens with zero attached hydrogens (tertiary/aromatic N) is 2. The molecular weight excluding hydrogens is 312 g/mol. The molecule has 130 valence electrons. The average molecular weight is 336 g/mol. The van der Waals surface area contributed by atoms with Crippen molar-refractivity contribution < 1.29 is 9.53 Å². The van der Waals surface area contributed by atoms with Crippen molar-refractivity contribution >= 4 is 5.91 Å². The number of rotatable bonds is 3. The van der Waals surface area contributed by atoms with E-state index in [0.717, 1.165) is 43.1 Å². The second-order valence-electron chi connectivity index (χ2n) is 7.17. The minimum Gasteiger partial charge on any atom is -0.457 e. The zero-order valence-corrected chi connectivity index (χ0v) is 14.6. The van der Waals surface area contributed by atoms with Crippen LogP contribution in [0.25, 0.3) is 0 Å². The molecule has 1 atom stereocenters. The monoisotopic (exact) mass is 336 g/mol. The highest BCUT2D eigenvalue weighted by Crippen LogP contribution is 2.37. The van der Waals surface area contributed by atoms with Crippen LogP contribution >= 0.6 is 0 Å². The van der Waals surface area contributed by atoms with Gasteiger partial charge in [-0.05, 0) is 62.7 Å². The fourth-order valence-corrected chi connectivity index (χ4v) is 3.93. The van der Waals surface area contributed by atoms with Gasteiger partial charge in [0, 0.05) is 30.7 Å². The van der Waals surface area contributed by atoms with E-state index in [1.165, 1.54) is 12.8 Å². The van der Waals surface area contributed by atoms with E-state index in [1.54, 1.807) is 0 Å². The second kappa shape index (κ2) is 6.52. The molecule has 4 heteroatoms. The molecule has 1 amide bonds. The summed E-state index contributed by atoms with van der Waals surface area (Å²) in [7, 11) is 2.17. The Balaban J connectivity index is 1.44. The number of hydrogen-bond donors (Lipinski definition) is 0. The SMILES string of the molecule is CN1CC[C@@]12CCCN(C(=O)c1ccc(Oc3ccccc3)cc1)C2. The number of hydrogen-bond acceptors (Lipinski definition) is 3. The van der Waals surface area contributed by atoms with Crippen molar-refractivity contribution in [1.29, 1.82) is 0 Å². The minimum atomic E-state index is 0.130. The van der Waals surface area contributed by atoms with E-state index < -0.39 is 0 Å². The summed E-state index contributed by atoms with van der Waals surface area (Å²) in [6, 6.07) is 17.2. The summed E-state index contributed by atoms with van der Waals surface area (Å²) in [5.41, 5.74) is 0.962. The summed E-state index contributed by atoms with van der Waals surface area (Å²) in [6.07, 6.45) is 3.50. The number of ether oxygens (including phenoxy) is 1. The number of amides is 1. The molecule has 2 aliphatic rings. The van der Waals surface area contributed by atoms with Crippen molar-refractivity contribution in [1.82, 2.24) is 9.80 Å². The van der Waals surface area contributed by atoms with E-state index in [2.05, 4.69) is 11.9 Å². The molecule has 0 saturated carbocycles. The maximum Gasteiger partial charge on any atom is 0.253 e. The predicted molar refractivity (Wildman–Crippen MR) is 98.1 cm³/mol. The predicted octanol–water partition coefficient (Wildman–Crippen LogP) is 3.79. The third-order valence-corrected chi connectivity index (χ3v) is 5.65. The Kier molecular flexibility index (Phi) is 4.22. The van der Waals surface area contributed by atoms with Crippen LogP contribution in [0.2, 0.25) is 0 Å². The standard InChI is InChI=1S/C21H24N2O2/c1-22-15-13-21(22)12-5-14-23(16-21)20(24)17-8-10-19(11-9-17)25-18-6-3-2-4-7-18/h2-4,6-11H,5,12-16H2,1H3/t21-/m1/s1. The fraction of sp³-hybridized carbons (Fsp3) is 0.381. The third kappa shape index (κ3) is 3.14. The molecule has 0 bridgehead atoms. The fourth-order valence-electron chi connectivity index (χ4n) is 3.93. The first-order valence-electron chi connectivity index (χ1n) is 9.00. The van der Waals surface area contributed by atoms with Gasteiger partial charge < -0.3 is 9.64 Å². The van der Waals surface area contributed by atoms with Crippen molar-refractivity contribution in [3.8, 4) is 11.5 Å². The highest BCUT2D eigenvalue weighted by atomic mass is 16.5. The van der Waals surface area contributed by atoms with Gasteiger partial charge in [0.15, 0.2) is 0 Å². The van der Waals surface area contributed by atoms with Crippen LogP contribution in [0, 0.1) is 0 Å². The van der Waals surface area contributed by atoms with Crippen molar-refractivity contribution in [3.05, 3.63) is 60.2 Å². The molecule has 2 heterocycles. The Hall–Kier alpha value is -2.33. The maximum absolute atomic E-state index is 12.9. The lowest BCUT2D eigenvalue weighted by atomic mass is 9.78. The molecule has 4 nitrogen and oxygen atoms in total. The van der Waals surface area contributed by atoms with Crippen LogP contribution < -0.4 is 4.74 Å². The number of piperidine rings is 1. The van der Waals surface area contributed by atoms with E-state index in [1.807, 2.05) is 59.5 Å².